The zero-order valence-electron chi connectivity index (χ0n) is 21.6. The number of ether oxygens (including phenoxy) is 2. The Kier molecular flexibility index (Phi) is 8.57. The summed E-state index contributed by atoms with van der Waals surface area (Å²) in [4.78, 5) is 38.1. The number of benzene rings is 2. The van der Waals surface area contributed by atoms with Gasteiger partial charge in [0.25, 0.3) is 5.56 Å². The Morgan fingerprint density at radius 3 is 2.73 bits per heavy atom. The molecule has 2 aromatic carbocycles. The molecular weight excluding hydrogens is 545 g/mol. The van der Waals surface area contributed by atoms with Gasteiger partial charge in [0, 0.05) is 17.6 Å². The van der Waals surface area contributed by atoms with Gasteiger partial charge >= 0.3 is 19.4 Å². The van der Waals surface area contributed by atoms with Crippen molar-refractivity contribution in [2.45, 2.75) is 37.0 Å². The van der Waals surface area contributed by atoms with Crippen LogP contribution in [0.4, 0.5) is 0 Å². The lowest BCUT2D eigenvalue weighted by Crippen LogP contribution is -2.47. The fourth-order valence-corrected chi connectivity index (χ4v) is 5.80. The minimum absolute atomic E-state index is 0.183. The zero-order chi connectivity index (χ0) is 29.1. The summed E-state index contributed by atoms with van der Waals surface area (Å²) in [6.45, 7) is 4.16. The van der Waals surface area contributed by atoms with Crippen molar-refractivity contribution in [1.82, 2.24) is 14.6 Å². The predicted octanol–water partition coefficient (Wildman–Crippen LogP) is 1.38. The molecule has 1 saturated heterocycles. The Hall–Kier alpha value is -3.80. The lowest BCUT2D eigenvalue weighted by Gasteiger charge is -2.28. The minimum atomic E-state index is -4.39. The summed E-state index contributed by atoms with van der Waals surface area (Å²) in [5.41, 5.74) is -1.48. The van der Waals surface area contributed by atoms with Gasteiger partial charge in [0.15, 0.2) is 11.8 Å². The molecule has 3 aromatic rings. The summed E-state index contributed by atoms with van der Waals surface area (Å²) >= 11 is 0. The molecule has 6 atom stereocenters. The van der Waals surface area contributed by atoms with E-state index in [1.165, 1.54) is 6.92 Å². The highest BCUT2D eigenvalue weighted by molar-refractivity contribution is 7.52. The van der Waals surface area contributed by atoms with Crippen molar-refractivity contribution >= 4 is 24.5 Å². The average Bonchev–Trinajstić information content (AvgIpc) is 3.16. The Labute approximate surface area is 227 Å². The number of carbonyl (C=O) groups is 1. The Bertz CT molecular complexity index is 1610. The number of nitrogens with zero attached hydrogens (tertiary/aromatic N) is 1. The van der Waals surface area contributed by atoms with E-state index in [0.717, 1.165) is 35.4 Å². The molecule has 3 unspecified atom stereocenters. The molecule has 2 heterocycles. The minimum Gasteiger partial charge on any atom is -0.468 e. The first-order chi connectivity index (χ1) is 19.0. The Morgan fingerprint density at radius 1 is 1.30 bits per heavy atom. The maximum Gasteiger partial charge on any atom is 0.459 e. The monoisotopic (exact) mass is 573 g/mol. The second kappa shape index (κ2) is 11.7. The van der Waals surface area contributed by atoms with E-state index in [2.05, 4.69) is 17.4 Å². The van der Waals surface area contributed by atoms with Crippen LogP contribution in [0.25, 0.3) is 10.8 Å². The molecule has 0 bridgehead atoms. The average molecular weight is 573 g/mol. The van der Waals surface area contributed by atoms with E-state index in [1.54, 1.807) is 24.3 Å². The molecular formula is C26H28N3O10P. The summed E-state index contributed by atoms with van der Waals surface area (Å²) in [6, 6.07) is 12.1. The molecule has 4 rings (SSSR count). The van der Waals surface area contributed by atoms with Crippen LogP contribution in [0, 0.1) is 0 Å². The van der Waals surface area contributed by atoms with Crippen LogP contribution in [0.1, 0.15) is 13.2 Å². The van der Waals surface area contributed by atoms with E-state index in [4.69, 9.17) is 18.5 Å². The molecule has 40 heavy (non-hydrogen) atoms. The van der Waals surface area contributed by atoms with Crippen LogP contribution in [0.5, 0.6) is 5.75 Å². The number of aliphatic hydroxyl groups excluding tert-OH is 1. The van der Waals surface area contributed by atoms with Crippen molar-refractivity contribution in [3.8, 4) is 5.75 Å². The van der Waals surface area contributed by atoms with Crippen LogP contribution in [0.2, 0.25) is 0 Å². The number of carbonyl (C=O) groups excluding carboxylic acids is 1. The topological polar surface area (TPSA) is 178 Å². The molecule has 13 nitrogen and oxygen atoms in total. The van der Waals surface area contributed by atoms with Crippen LogP contribution in [-0.4, -0.2) is 63.3 Å². The molecule has 4 N–H and O–H groups in total. The summed E-state index contributed by atoms with van der Waals surface area (Å²) in [6.07, 6.45) is -2.58. The highest BCUT2D eigenvalue weighted by atomic mass is 31.2. The Morgan fingerprint density at radius 2 is 2.02 bits per heavy atom. The second-order valence-electron chi connectivity index (χ2n) is 8.96. The second-order valence-corrected chi connectivity index (χ2v) is 10.7. The molecule has 0 spiro atoms. The molecule has 1 aliphatic heterocycles. The third kappa shape index (κ3) is 5.86. The SMILES string of the molecule is C=C=CC1(O)C(O)[C@@H](COP(=O)(N[C@@H](C)C(=O)OC)Oc2cccc3ccccc23)O[C@H]1n1ccc(=O)[nH]c1=O. The first kappa shape index (κ1) is 29.2. The predicted molar refractivity (Wildman–Crippen MR) is 143 cm³/mol. The van der Waals surface area contributed by atoms with E-state index < -0.39 is 61.7 Å². The highest BCUT2D eigenvalue weighted by Crippen LogP contribution is 2.48. The molecule has 212 valence electrons. The number of rotatable bonds is 10. The van der Waals surface area contributed by atoms with Crippen LogP contribution in [0.15, 0.2) is 82.7 Å². The Balaban J connectivity index is 1.64. The van der Waals surface area contributed by atoms with Gasteiger partial charge in [-0.2, -0.15) is 5.09 Å². The molecule has 0 radical (unpaired) electrons. The number of hydrogen-bond acceptors (Lipinski definition) is 10. The van der Waals surface area contributed by atoms with Crippen LogP contribution < -0.4 is 20.9 Å². The molecule has 1 aromatic heterocycles. The van der Waals surface area contributed by atoms with Gasteiger partial charge < -0.3 is 24.2 Å². The number of aromatic amines is 1. The maximum atomic E-state index is 14.0. The van der Waals surface area contributed by atoms with Gasteiger partial charge in [0.05, 0.1) is 13.7 Å². The van der Waals surface area contributed by atoms with Crippen molar-refractivity contribution in [2.75, 3.05) is 13.7 Å². The number of nitrogens with one attached hydrogen (secondary N) is 2. The van der Waals surface area contributed by atoms with Gasteiger partial charge in [-0.1, -0.05) is 43.0 Å². The summed E-state index contributed by atoms with van der Waals surface area (Å²) in [5, 5.41) is 26.2. The van der Waals surface area contributed by atoms with Gasteiger partial charge in [0.2, 0.25) is 0 Å². The van der Waals surface area contributed by atoms with E-state index in [9.17, 15) is 29.2 Å². The zero-order valence-corrected chi connectivity index (χ0v) is 22.4. The lowest BCUT2D eigenvalue weighted by atomic mass is 9.94. The van der Waals surface area contributed by atoms with Crippen molar-refractivity contribution in [3.05, 3.63) is 94.0 Å². The smallest absolute Gasteiger partial charge is 0.459 e. The normalized spacial score (nSPS) is 24.6. The first-order valence-electron chi connectivity index (χ1n) is 12.0. The number of methoxy groups -OCH3 is 1. The fourth-order valence-electron chi connectivity index (χ4n) is 4.28. The summed E-state index contributed by atoms with van der Waals surface area (Å²) in [5.74, 6) is -0.562. The maximum absolute atomic E-state index is 14.0. The number of esters is 1. The van der Waals surface area contributed by atoms with Gasteiger partial charge in [-0.3, -0.25) is 23.7 Å². The molecule has 1 aliphatic rings. The van der Waals surface area contributed by atoms with E-state index >= 15 is 0 Å². The molecule has 14 heteroatoms. The van der Waals surface area contributed by atoms with Crippen molar-refractivity contribution in [2.24, 2.45) is 0 Å². The van der Waals surface area contributed by atoms with Crippen LogP contribution >= 0.6 is 7.75 Å². The number of hydrogen-bond donors (Lipinski definition) is 4. The van der Waals surface area contributed by atoms with Crippen molar-refractivity contribution in [3.63, 3.8) is 0 Å². The van der Waals surface area contributed by atoms with Gasteiger partial charge in [0.1, 0.15) is 24.0 Å². The van der Waals surface area contributed by atoms with E-state index in [-0.39, 0.29) is 5.75 Å². The lowest BCUT2D eigenvalue weighted by molar-refractivity contribution is -0.142. The third-order valence-corrected chi connectivity index (χ3v) is 7.88. The standard InChI is InChI=1S/C26H28N3O10P/c1-4-13-26(34)22(31)20(38-24(26)29-14-12-21(30)27-25(29)33)15-37-40(35,28-16(2)23(32)36-3)39-19-11-7-9-17-8-5-6-10-18(17)19/h5-14,16,20,22,24,31,34H,1,15H2,2-3H3,(H,28,35)(H,27,30,33)/t16-,20+,22?,24+,26?,40?/m0/s1. The summed E-state index contributed by atoms with van der Waals surface area (Å²) < 4.78 is 36.7. The van der Waals surface area contributed by atoms with Crippen molar-refractivity contribution in [1.29, 1.82) is 0 Å². The van der Waals surface area contributed by atoms with Gasteiger partial charge in [-0.25, -0.2) is 9.36 Å². The quantitative estimate of drug-likeness (QED) is 0.156. The number of aromatic nitrogens is 2. The first-order valence-corrected chi connectivity index (χ1v) is 13.6. The fraction of sp³-hybridized carbons (Fsp3) is 0.308. The largest absolute Gasteiger partial charge is 0.468 e. The highest BCUT2D eigenvalue weighted by Gasteiger charge is 2.56. The van der Waals surface area contributed by atoms with Crippen LogP contribution in [0.3, 0.4) is 0 Å². The molecule has 0 aliphatic carbocycles. The molecule has 0 saturated carbocycles. The van der Waals surface area contributed by atoms with Gasteiger partial charge in [-0.05, 0) is 24.5 Å². The number of H-pyrrole nitrogens is 1. The van der Waals surface area contributed by atoms with Gasteiger partial charge in [-0.15, -0.1) is 5.73 Å². The number of aliphatic hydroxyl groups is 2. The third-order valence-electron chi connectivity index (χ3n) is 6.25. The van der Waals surface area contributed by atoms with E-state index in [1.807, 2.05) is 23.2 Å². The van der Waals surface area contributed by atoms with Crippen molar-refractivity contribution < 1.29 is 38.1 Å². The van der Waals surface area contributed by atoms with E-state index in [0.29, 0.717) is 5.39 Å². The molecule has 0 amide bonds. The number of fused-ring (bicyclic) bond motifs is 1. The van der Waals surface area contributed by atoms with Crippen LogP contribution in [-0.2, 0) is 23.4 Å². The molecule has 1 fully saturated rings. The summed E-state index contributed by atoms with van der Waals surface area (Å²) in [7, 11) is -3.23.